The topological polar surface area (TPSA) is 57.6 Å². The van der Waals surface area contributed by atoms with Gasteiger partial charge in [-0.15, -0.1) is 0 Å². The van der Waals surface area contributed by atoms with E-state index in [-0.39, 0.29) is 17.2 Å². The van der Waals surface area contributed by atoms with Gasteiger partial charge in [-0.2, -0.15) is 0 Å². The Morgan fingerprint density at radius 3 is 2.62 bits per heavy atom. The molecule has 2 aliphatic rings. The summed E-state index contributed by atoms with van der Waals surface area (Å²) in [7, 11) is 0. The molecule has 4 heteroatoms. The van der Waals surface area contributed by atoms with Gasteiger partial charge in [0.25, 0.3) is 0 Å². The Hall–Kier alpha value is -1.06. The molecule has 2 fully saturated rings. The van der Waals surface area contributed by atoms with Gasteiger partial charge in [-0.25, -0.2) is 0 Å². The molecule has 0 spiro atoms. The van der Waals surface area contributed by atoms with E-state index in [0.717, 1.165) is 32.2 Å². The number of hydrogen-bond acceptors (Lipinski definition) is 2. The van der Waals surface area contributed by atoms with E-state index in [2.05, 4.69) is 0 Å². The molecular formula is C12H19NO3. The van der Waals surface area contributed by atoms with Crippen LogP contribution in [-0.4, -0.2) is 35.0 Å². The summed E-state index contributed by atoms with van der Waals surface area (Å²) in [6.45, 7) is 3.20. The number of aliphatic carboxylic acids is 1. The zero-order valence-electron chi connectivity index (χ0n) is 9.74. The number of carboxylic acid groups (broad SMARTS) is 1. The van der Waals surface area contributed by atoms with E-state index >= 15 is 0 Å². The second kappa shape index (κ2) is 4.07. The Morgan fingerprint density at radius 1 is 1.44 bits per heavy atom. The lowest BCUT2D eigenvalue weighted by Gasteiger charge is -2.33. The molecular weight excluding hydrogens is 206 g/mol. The molecule has 1 saturated heterocycles. The molecule has 0 aromatic carbocycles. The highest BCUT2D eigenvalue weighted by molar-refractivity contribution is 5.86. The smallest absolute Gasteiger partial charge is 0.308 e. The van der Waals surface area contributed by atoms with Crippen molar-refractivity contribution < 1.29 is 14.7 Å². The third-order valence-electron chi connectivity index (χ3n) is 4.04. The van der Waals surface area contributed by atoms with Crippen molar-refractivity contribution in [1.82, 2.24) is 4.90 Å². The van der Waals surface area contributed by atoms with E-state index in [1.807, 2.05) is 6.92 Å². The van der Waals surface area contributed by atoms with Crippen molar-refractivity contribution >= 4 is 11.9 Å². The van der Waals surface area contributed by atoms with Crippen LogP contribution < -0.4 is 0 Å². The normalized spacial score (nSPS) is 27.6. The number of carboxylic acids is 1. The van der Waals surface area contributed by atoms with Crippen LogP contribution >= 0.6 is 0 Å². The Balaban J connectivity index is 1.99. The lowest BCUT2D eigenvalue weighted by Crippen LogP contribution is -2.45. The Morgan fingerprint density at radius 2 is 2.12 bits per heavy atom. The van der Waals surface area contributed by atoms with Gasteiger partial charge in [0.15, 0.2) is 0 Å². The van der Waals surface area contributed by atoms with Gasteiger partial charge in [0.05, 0.1) is 5.92 Å². The summed E-state index contributed by atoms with van der Waals surface area (Å²) in [5.74, 6) is -0.926. The Labute approximate surface area is 95.6 Å². The fraction of sp³-hybridized carbons (Fsp3) is 0.833. The van der Waals surface area contributed by atoms with Crippen LogP contribution in [0.1, 0.15) is 39.0 Å². The first-order chi connectivity index (χ1) is 7.59. The summed E-state index contributed by atoms with van der Waals surface area (Å²) in [4.78, 5) is 24.9. The van der Waals surface area contributed by atoms with Crippen molar-refractivity contribution in [1.29, 1.82) is 0 Å². The van der Waals surface area contributed by atoms with E-state index in [4.69, 9.17) is 5.11 Å². The van der Waals surface area contributed by atoms with E-state index in [0.29, 0.717) is 13.0 Å². The SMILES string of the molecule is CCC1(C(=O)N2CCC[C@H](C(=O)O)C2)CC1. The Kier molecular flexibility index (Phi) is 2.91. The lowest BCUT2D eigenvalue weighted by molar-refractivity contribution is -0.147. The van der Waals surface area contributed by atoms with Crippen LogP contribution in [0.25, 0.3) is 0 Å². The van der Waals surface area contributed by atoms with E-state index < -0.39 is 5.97 Å². The first-order valence-electron chi connectivity index (χ1n) is 6.11. The van der Waals surface area contributed by atoms with E-state index in [9.17, 15) is 9.59 Å². The molecule has 0 aromatic rings. The summed E-state index contributed by atoms with van der Waals surface area (Å²) in [6, 6.07) is 0. The maximum Gasteiger partial charge on any atom is 0.308 e. The molecule has 0 unspecified atom stereocenters. The number of rotatable bonds is 3. The van der Waals surface area contributed by atoms with Gasteiger partial charge in [0, 0.05) is 18.5 Å². The summed E-state index contributed by atoms with van der Waals surface area (Å²) >= 11 is 0. The molecule has 0 bridgehead atoms. The number of carbonyl (C=O) groups excluding carboxylic acids is 1. The minimum Gasteiger partial charge on any atom is -0.481 e. The van der Waals surface area contributed by atoms with Crippen LogP contribution in [-0.2, 0) is 9.59 Å². The van der Waals surface area contributed by atoms with Crippen molar-refractivity contribution in [2.45, 2.75) is 39.0 Å². The van der Waals surface area contributed by atoms with Crippen molar-refractivity contribution in [3.63, 3.8) is 0 Å². The van der Waals surface area contributed by atoms with E-state index in [1.54, 1.807) is 4.90 Å². The highest BCUT2D eigenvalue weighted by atomic mass is 16.4. The number of likely N-dealkylation sites (tertiary alicyclic amines) is 1. The van der Waals surface area contributed by atoms with Gasteiger partial charge in [-0.1, -0.05) is 6.92 Å². The average molecular weight is 225 g/mol. The highest BCUT2D eigenvalue weighted by Crippen LogP contribution is 2.50. The molecule has 1 saturated carbocycles. The van der Waals surface area contributed by atoms with Crippen molar-refractivity contribution in [2.75, 3.05) is 13.1 Å². The zero-order valence-corrected chi connectivity index (χ0v) is 9.74. The van der Waals surface area contributed by atoms with Gasteiger partial charge in [-0.05, 0) is 32.1 Å². The Bertz CT molecular complexity index is 309. The molecule has 2 rings (SSSR count). The first kappa shape index (κ1) is 11.4. The number of piperidine rings is 1. The zero-order chi connectivity index (χ0) is 11.8. The fourth-order valence-corrected chi connectivity index (χ4v) is 2.57. The quantitative estimate of drug-likeness (QED) is 0.791. The molecule has 0 aromatic heterocycles. The van der Waals surface area contributed by atoms with Crippen LogP contribution in [0.4, 0.5) is 0 Å². The fourth-order valence-electron chi connectivity index (χ4n) is 2.57. The van der Waals surface area contributed by atoms with Crippen molar-refractivity contribution in [3.8, 4) is 0 Å². The second-order valence-corrected chi connectivity index (χ2v) is 5.06. The summed E-state index contributed by atoms with van der Waals surface area (Å²) in [6.07, 6.45) is 4.38. The van der Waals surface area contributed by atoms with Crippen LogP contribution in [0, 0.1) is 11.3 Å². The summed E-state index contributed by atoms with van der Waals surface area (Å²) in [5, 5.41) is 8.98. The predicted molar refractivity (Wildman–Crippen MR) is 58.9 cm³/mol. The lowest BCUT2D eigenvalue weighted by atomic mass is 9.95. The maximum absolute atomic E-state index is 12.2. The molecule has 90 valence electrons. The minimum absolute atomic E-state index is 0.125. The molecule has 16 heavy (non-hydrogen) atoms. The summed E-state index contributed by atoms with van der Waals surface area (Å²) in [5.41, 5.74) is -0.125. The third-order valence-corrected chi connectivity index (χ3v) is 4.04. The van der Waals surface area contributed by atoms with Gasteiger partial charge >= 0.3 is 5.97 Å². The number of carbonyl (C=O) groups is 2. The monoisotopic (exact) mass is 225 g/mol. The van der Waals surface area contributed by atoms with Crippen LogP contribution in [0.5, 0.6) is 0 Å². The molecule has 0 radical (unpaired) electrons. The standard InChI is InChI=1S/C12H19NO3/c1-2-12(5-6-12)11(16)13-7-3-4-9(8-13)10(14)15/h9H,2-8H2,1H3,(H,14,15)/t9-/m0/s1. The highest BCUT2D eigenvalue weighted by Gasteiger charge is 2.50. The molecule has 1 aliphatic carbocycles. The van der Waals surface area contributed by atoms with Crippen LogP contribution in [0.3, 0.4) is 0 Å². The number of hydrogen-bond donors (Lipinski definition) is 1. The van der Waals surface area contributed by atoms with Crippen LogP contribution in [0.15, 0.2) is 0 Å². The van der Waals surface area contributed by atoms with Gasteiger partial charge in [0.1, 0.15) is 0 Å². The molecule has 1 amide bonds. The second-order valence-electron chi connectivity index (χ2n) is 5.06. The predicted octanol–water partition coefficient (Wildman–Crippen LogP) is 1.50. The van der Waals surface area contributed by atoms with Gasteiger partial charge in [-0.3, -0.25) is 9.59 Å². The molecule has 4 nitrogen and oxygen atoms in total. The van der Waals surface area contributed by atoms with Crippen molar-refractivity contribution in [2.24, 2.45) is 11.3 Å². The first-order valence-corrected chi connectivity index (χ1v) is 6.11. The average Bonchev–Trinajstić information content (AvgIpc) is 3.09. The molecule has 1 N–H and O–H groups in total. The number of amides is 1. The number of nitrogens with zero attached hydrogens (tertiary/aromatic N) is 1. The molecule has 1 atom stereocenters. The van der Waals surface area contributed by atoms with Crippen LogP contribution in [0.2, 0.25) is 0 Å². The minimum atomic E-state index is -0.765. The van der Waals surface area contributed by atoms with Gasteiger partial charge < -0.3 is 10.0 Å². The molecule has 1 aliphatic heterocycles. The van der Waals surface area contributed by atoms with Gasteiger partial charge in [0.2, 0.25) is 5.91 Å². The molecule has 1 heterocycles. The maximum atomic E-state index is 12.2. The van der Waals surface area contributed by atoms with Crippen molar-refractivity contribution in [3.05, 3.63) is 0 Å². The van der Waals surface area contributed by atoms with E-state index in [1.165, 1.54) is 0 Å². The third kappa shape index (κ3) is 1.93. The summed E-state index contributed by atoms with van der Waals surface area (Å²) < 4.78 is 0. The largest absolute Gasteiger partial charge is 0.481 e.